The van der Waals surface area contributed by atoms with Gasteiger partial charge in [-0.2, -0.15) is 0 Å². The van der Waals surface area contributed by atoms with E-state index in [1.165, 1.54) is 0 Å². The number of para-hydroxylation sites is 1. The quantitative estimate of drug-likeness (QED) is 0.665. The number of phenolic OH excluding ortho intramolecular Hbond substituents is 1. The molecule has 0 saturated carbocycles. The number of hydrogen-bond acceptors (Lipinski definition) is 5. The summed E-state index contributed by atoms with van der Waals surface area (Å²) in [6.45, 7) is 0. The normalized spacial score (nSPS) is 10.8. The molecule has 0 aliphatic rings. The number of rotatable bonds is 1. The first kappa shape index (κ1) is 9.65. The first-order valence-electron chi connectivity index (χ1n) is 5.05. The molecule has 0 aliphatic heterocycles. The molecule has 5 nitrogen and oxygen atoms in total. The number of aromatic hydroxyl groups is 1. The van der Waals surface area contributed by atoms with Gasteiger partial charge in [-0.15, -0.1) is 0 Å². The van der Waals surface area contributed by atoms with Crippen LogP contribution in [0.5, 0.6) is 5.75 Å². The molecule has 5 heteroatoms. The smallest absolute Gasteiger partial charge is 0.259 e. The first-order chi connectivity index (χ1) is 8.25. The molecule has 0 spiro atoms. The summed E-state index contributed by atoms with van der Waals surface area (Å²) in [6, 6.07) is 8.83. The molecule has 0 atom stereocenters. The van der Waals surface area contributed by atoms with E-state index in [0.29, 0.717) is 22.5 Å². The summed E-state index contributed by atoms with van der Waals surface area (Å²) in [6.07, 6.45) is 1.61. The van der Waals surface area contributed by atoms with E-state index in [-0.39, 0.29) is 5.75 Å². The Bertz CT molecular complexity index is 691. The predicted molar refractivity (Wildman–Crippen MR) is 63.3 cm³/mol. The van der Waals surface area contributed by atoms with E-state index in [1.807, 2.05) is 12.1 Å². The Hall–Kier alpha value is -2.56. The van der Waals surface area contributed by atoms with Crippen LogP contribution in [-0.2, 0) is 0 Å². The number of hydrogen-bond donors (Lipinski definition) is 2. The fraction of sp³-hybridized carbons (Fsp3) is 0. The van der Waals surface area contributed by atoms with Crippen molar-refractivity contribution in [2.24, 2.45) is 0 Å². The third-order valence-corrected chi connectivity index (χ3v) is 2.57. The molecule has 0 bridgehead atoms. The van der Waals surface area contributed by atoms with E-state index in [9.17, 15) is 5.11 Å². The summed E-state index contributed by atoms with van der Waals surface area (Å²) in [5.41, 5.74) is 7.51. The van der Waals surface area contributed by atoms with Crippen molar-refractivity contribution in [3.63, 3.8) is 0 Å². The molecule has 0 radical (unpaired) electrons. The number of benzene rings is 1. The molecule has 0 saturated heterocycles. The number of phenols is 1. The summed E-state index contributed by atoms with van der Waals surface area (Å²) >= 11 is 0. The zero-order valence-corrected chi connectivity index (χ0v) is 8.79. The average Bonchev–Trinajstić information content (AvgIpc) is 2.71. The van der Waals surface area contributed by atoms with Crippen molar-refractivity contribution in [1.29, 1.82) is 0 Å². The second kappa shape index (κ2) is 3.48. The molecular weight excluding hydrogens is 218 g/mol. The van der Waals surface area contributed by atoms with Gasteiger partial charge in [0.25, 0.3) is 5.71 Å². The van der Waals surface area contributed by atoms with E-state index in [4.69, 9.17) is 10.3 Å². The van der Waals surface area contributed by atoms with E-state index in [0.717, 1.165) is 5.56 Å². The first-order valence-corrected chi connectivity index (χ1v) is 5.05. The Morgan fingerprint density at radius 3 is 2.88 bits per heavy atom. The molecule has 3 aromatic rings. The third-order valence-electron chi connectivity index (χ3n) is 2.57. The molecule has 0 amide bonds. The van der Waals surface area contributed by atoms with Crippen molar-refractivity contribution >= 4 is 16.9 Å². The van der Waals surface area contributed by atoms with Crippen LogP contribution in [0.3, 0.4) is 0 Å². The Labute approximate surface area is 96.5 Å². The van der Waals surface area contributed by atoms with Crippen LogP contribution in [0.15, 0.2) is 41.1 Å². The number of fused-ring (bicyclic) bond motifs is 1. The molecule has 0 fully saturated rings. The summed E-state index contributed by atoms with van der Waals surface area (Å²) in [5.74, 6) is 0.494. The van der Waals surface area contributed by atoms with Gasteiger partial charge < -0.3 is 15.4 Å². The van der Waals surface area contributed by atoms with Crippen LogP contribution in [0.1, 0.15) is 0 Å². The van der Waals surface area contributed by atoms with Gasteiger partial charge in [0, 0.05) is 17.3 Å². The van der Waals surface area contributed by atoms with Crippen molar-refractivity contribution < 1.29 is 9.63 Å². The van der Waals surface area contributed by atoms with Gasteiger partial charge in [-0.25, -0.2) is 4.98 Å². The molecule has 17 heavy (non-hydrogen) atoms. The molecule has 84 valence electrons. The van der Waals surface area contributed by atoms with Gasteiger partial charge in [0.05, 0.1) is 5.39 Å². The van der Waals surface area contributed by atoms with Gasteiger partial charge in [-0.05, 0) is 12.1 Å². The highest BCUT2D eigenvalue weighted by Gasteiger charge is 2.09. The maximum absolute atomic E-state index is 9.76. The van der Waals surface area contributed by atoms with Gasteiger partial charge >= 0.3 is 0 Å². The van der Waals surface area contributed by atoms with Crippen LogP contribution < -0.4 is 5.73 Å². The second-order valence-electron chi connectivity index (χ2n) is 3.66. The van der Waals surface area contributed by atoms with Gasteiger partial charge in [0.2, 0.25) is 0 Å². The van der Waals surface area contributed by atoms with Crippen LogP contribution in [0.4, 0.5) is 5.82 Å². The van der Waals surface area contributed by atoms with Crippen molar-refractivity contribution in [3.05, 3.63) is 36.5 Å². The lowest BCUT2D eigenvalue weighted by Gasteiger charge is -2.03. The summed E-state index contributed by atoms with van der Waals surface area (Å²) in [5, 5.41) is 14.0. The second-order valence-corrected chi connectivity index (χ2v) is 3.66. The standard InChI is InChI=1S/C12H9N3O2/c13-11-9-5-7(6-14-12(9)17-15-11)8-3-1-2-4-10(8)16/h1-6,16H,(H2,13,15). The third kappa shape index (κ3) is 1.48. The van der Waals surface area contributed by atoms with Crippen LogP contribution in [0.25, 0.3) is 22.2 Å². The largest absolute Gasteiger partial charge is 0.507 e. The van der Waals surface area contributed by atoms with Gasteiger partial charge in [0.15, 0.2) is 5.82 Å². The van der Waals surface area contributed by atoms with E-state index < -0.39 is 0 Å². The Morgan fingerprint density at radius 2 is 2.06 bits per heavy atom. The number of aromatic nitrogens is 2. The number of nitrogen functional groups attached to an aromatic ring is 1. The minimum atomic E-state index is 0.198. The van der Waals surface area contributed by atoms with Crippen molar-refractivity contribution in [1.82, 2.24) is 10.1 Å². The summed E-state index contributed by atoms with van der Waals surface area (Å²) in [4.78, 5) is 4.10. The maximum Gasteiger partial charge on any atom is 0.259 e. The highest BCUT2D eigenvalue weighted by Crippen LogP contribution is 2.31. The van der Waals surface area contributed by atoms with Crippen LogP contribution >= 0.6 is 0 Å². The van der Waals surface area contributed by atoms with Crippen LogP contribution in [-0.4, -0.2) is 15.2 Å². The lowest BCUT2D eigenvalue weighted by molar-refractivity contribution is 0.452. The van der Waals surface area contributed by atoms with Gasteiger partial charge in [-0.1, -0.05) is 23.4 Å². The summed E-state index contributed by atoms with van der Waals surface area (Å²) in [7, 11) is 0. The zero-order valence-electron chi connectivity index (χ0n) is 8.79. The molecular formula is C12H9N3O2. The fourth-order valence-electron chi connectivity index (χ4n) is 1.72. The number of pyridine rings is 1. The van der Waals surface area contributed by atoms with Crippen molar-refractivity contribution in [2.45, 2.75) is 0 Å². The zero-order chi connectivity index (χ0) is 11.8. The Kier molecular flexibility index (Phi) is 1.98. The van der Waals surface area contributed by atoms with Crippen molar-refractivity contribution in [3.8, 4) is 16.9 Å². The maximum atomic E-state index is 9.76. The van der Waals surface area contributed by atoms with Crippen LogP contribution in [0, 0.1) is 0 Å². The predicted octanol–water partition coefficient (Wildman–Crippen LogP) is 2.18. The Balaban J connectivity index is 2.24. The summed E-state index contributed by atoms with van der Waals surface area (Å²) < 4.78 is 4.92. The molecule has 0 aliphatic carbocycles. The van der Waals surface area contributed by atoms with Gasteiger partial charge in [-0.3, -0.25) is 0 Å². The topological polar surface area (TPSA) is 85.2 Å². The van der Waals surface area contributed by atoms with E-state index in [2.05, 4.69) is 10.1 Å². The number of anilines is 1. The lowest BCUT2D eigenvalue weighted by Crippen LogP contribution is -1.85. The minimum absolute atomic E-state index is 0.198. The van der Waals surface area contributed by atoms with E-state index in [1.54, 1.807) is 24.4 Å². The molecule has 2 aromatic heterocycles. The molecule has 3 N–H and O–H groups in total. The SMILES string of the molecule is Nc1noc2ncc(-c3ccccc3O)cc12. The fourth-order valence-corrected chi connectivity index (χ4v) is 1.72. The van der Waals surface area contributed by atoms with Crippen LogP contribution in [0.2, 0.25) is 0 Å². The lowest BCUT2D eigenvalue weighted by atomic mass is 10.1. The van der Waals surface area contributed by atoms with Crippen molar-refractivity contribution in [2.75, 3.05) is 5.73 Å². The molecule has 1 aromatic carbocycles. The molecule has 0 unspecified atom stereocenters. The molecule has 3 rings (SSSR count). The highest BCUT2D eigenvalue weighted by molar-refractivity contribution is 5.88. The Morgan fingerprint density at radius 1 is 1.24 bits per heavy atom. The molecule has 2 heterocycles. The average molecular weight is 227 g/mol. The highest BCUT2D eigenvalue weighted by atomic mass is 16.5. The van der Waals surface area contributed by atoms with E-state index >= 15 is 0 Å². The number of nitrogens with zero attached hydrogens (tertiary/aromatic N) is 2. The number of nitrogens with two attached hydrogens (primary N) is 1. The minimum Gasteiger partial charge on any atom is -0.507 e. The monoisotopic (exact) mass is 227 g/mol. The van der Waals surface area contributed by atoms with Gasteiger partial charge in [0.1, 0.15) is 5.75 Å².